The highest BCUT2D eigenvalue weighted by Crippen LogP contribution is 2.15. The lowest BCUT2D eigenvalue weighted by molar-refractivity contribution is 0.278. The average molecular weight is 282 g/mol. The molecule has 0 aliphatic rings. The van der Waals surface area contributed by atoms with E-state index >= 15 is 0 Å². The number of rotatable bonds is 9. The predicted molar refractivity (Wildman–Crippen MR) is 82.3 cm³/mol. The molecule has 0 saturated carbocycles. The van der Waals surface area contributed by atoms with Crippen molar-refractivity contribution in [3.8, 4) is 0 Å². The molecule has 114 valence electrons. The summed E-state index contributed by atoms with van der Waals surface area (Å²) in [6.07, 6.45) is 1.58. The van der Waals surface area contributed by atoms with Crippen molar-refractivity contribution in [2.75, 3.05) is 42.3 Å². The third kappa shape index (κ3) is 4.48. The fourth-order valence-electron chi connectivity index (χ4n) is 1.91. The Balaban J connectivity index is 2.97. The molecule has 1 aromatic rings. The first-order valence-corrected chi connectivity index (χ1v) is 7.24. The summed E-state index contributed by atoms with van der Waals surface area (Å²) in [6, 6.07) is 0.164. The first-order chi connectivity index (χ1) is 9.68. The van der Waals surface area contributed by atoms with Crippen molar-refractivity contribution in [3.63, 3.8) is 0 Å². The lowest BCUT2D eigenvalue weighted by Gasteiger charge is -2.21. The molecule has 0 bridgehead atoms. The van der Waals surface area contributed by atoms with E-state index in [4.69, 9.17) is 5.11 Å². The minimum Gasteiger partial charge on any atom is -0.396 e. The number of nitrogens with zero attached hydrogens (tertiary/aromatic N) is 4. The molecule has 0 aliphatic heterocycles. The number of aromatic nitrogens is 3. The number of anilines is 3. The quantitative estimate of drug-likeness (QED) is 0.630. The Kier molecular flexibility index (Phi) is 7.00. The Morgan fingerprint density at radius 2 is 1.75 bits per heavy atom. The van der Waals surface area contributed by atoms with E-state index in [1.54, 1.807) is 7.05 Å². The summed E-state index contributed by atoms with van der Waals surface area (Å²) in [7, 11) is 1.79. The maximum atomic E-state index is 9.05. The van der Waals surface area contributed by atoms with Gasteiger partial charge in [-0.25, -0.2) is 0 Å². The van der Waals surface area contributed by atoms with Crippen molar-refractivity contribution in [1.82, 2.24) is 15.0 Å². The molecule has 0 saturated heterocycles. The number of hydrogen-bond donors (Lipinski definition) is 3. The molecule has 1 heterocycles. The minimum atomic E-state index is 0.151. The molecule has 0 fully saturated rings. The van der Waals surface area contributed by atoms with E-state index in [-0.39, 0.29) is 12.6 Å². The molecule has 7 nitrogen and oxygen atoms in total. The topological polar surface area (TPSA) is 86.2 Å². The number of aliphatic hydroxyl groups is 1. The molecule has 7 heteroatoms. The second-order valence-corrected chi connectivity index (χ2v) is 4.47. The molecule has 20 heavy (non-hydrogen) atoms. The summed E-state index contributed by atoms with van der Waals surface area (Å²) in [5, 5.41) is 15.3. The van der Waals surface area contributed by atoms with Gasteiger partial charge >= 0.3 is 0 Å². The van der Waals surface area contributed by atoms with E-state index in [9.17, 15) is 0 Å². The zero-order valence-corrected chi connectivity index (χ0v) is 12.8. The molecule has 1 atom stereocenters. The van der Waals surface area contributed by atoms with Gasteiger partial charge in [-0.05, 0) is 26.7 Å². The highest BCUT2D eigenvalue weighted by molar-refractivity contribution is 5.43. The maximum Gasteiger partial charge on any atom is 0.231 e. The Labute approximate surface area is 120 Å². The molecular formula is C13H26N6O. The third-order valence-corrected chi connectivity index (χ3v) is 3.20. The van der Waals surface area contributed by atoms with Crippen LogP contribution in [0.5, 0.6) is 0 Å². The molecule has 0 spiro atoms. The van der Waals surface area contributed by atoms with Crippen molar-refractivity contribution in [2.45, 2.75) is 39.7 Å². The van der Waals surface area contributed by atoms with Crippen LogP contribution >= 0.6 is 0 Å². The molecule has 0 radical (unpaired) electrons. The summed E-state index contributed by atoms with van der Waals surface area (Å²) in [6.45, 7) is 8.05. The fraction of sp³-hybridized carbons (Fsp3) is 0.769. The fourth-order valence-corrected chi connectivity index (χ4v) is 1.91. The van der Waals surface area contributed by atoms with E-state index in [0.717, 1.165) is 19.5 Å². The zero-order valence-electron chi connectivity index (χ0n) is 12.8. The summed E-state index contributed by atoms with van der Waals surface area (Å²) in [4.78, 5) is 15.2. The number of hydrogen-bond acceptors (Lipinski definition) is 7. The zero-order chi connectivity index (χ0) is 15.0. The van der Waals surface area contributed by atoms with Gasteiger partial charge in [0.1, 0.15) is 0 Å². The number of aliphatic hydroxyl groups excluding tert-OH is 1. The third-order valence-electron chi connectivity index (χ3n) is 3.20. The summed E-state index contributed by atoms with van der Waals surface area (Å²) in [5.74, 6) is 1.76. The van der Waals surface area contributed by atoms with Gasteiger partial charge in [0.2, 0.25) is 17.8 Å². The van der Waals surface area contributed by atoms with Crippen molar-refractivity contribution in [3.05, 3.63) is 0 Å². The lowest BCUT2D eigenvalue weighted by atomic mass is 10.2. The number of nitrogens with one attached hydrogen (secondary N) is 2. The van der Waals surface area contributed by atoms with Gasteiger partial charge in [-0.2, -0.15) is 15.0 Å². The van der Waals surface area contributed by atoms with E-state index in [1.165, 1.54) is 0 Å². The van der Waals surface area contributed by atoms with Gasteiger partial charge in [0.25, 0.3) is 0 Å². The predicted octanol–water partition coefficient (Wildman–Crippen LogP) is 1.33. The normalized spacial score (nSPS) is 12.1. The Bertz CT molecular complexity index is 396. The minimum absolute atomic E-state index is 0.151. The highest BCUT2D eigenvalue weighted by Gasteiger charge is 2.13. The Morgan fingerprint density at radius 1 is 1.10 bits per heavy atom. The smallest absolute Gasteiger partial charge is 0.231 e. The standard InChI is InChI=1S/C13H26N6O/c1-5-10(8-9-20)15-12-16-11(14-4)17-13(18-12)19(6-2)7-3/h10,20H,5-9H2,1-4H3,(H2,14,15,16,17,18). The first-order valence-electron chi connectivity index (χ1n) is 7.24. The molecule has 3 N–H and O–H groups in total. The van der Waals surface area contributed by atoms with E-state index in [1.807, 2.05) is 0 Å². The van der Waals surface area contributed by atoms with E-state index in [0.29, 0.717) is 24.3 Å². The summed E-state index contributed by atoms with van der Waals surface area (Å²) >= 11 is 0. The first kappa shape index (κ1) is 16.4. The largest absolute Gasteiger partial charge is 0.396 e. The van der Waals surface area contributed by atoms with Crippen LogP contribution in [0.4, 0.5) is 17.8 Å². The molecular weight excluding hydrogens is 256 g/mol. The van der Waals surface area contributed by atoms with E-state index < -0.39 is 0 Å². The van der Waals surface area contributed by atoms with Crippen LogP contribution in [0, 0.1) is 0 Å². The second-order valence-electron chi connectivity index (χ2n) is 4.47. The van der Waals surface area contributed by atoms with Crippen LogP contribution in [0.3, 0.4) is 0 Å². The van der Waals surface area contributed by atoms with Crippen LogP contribution < -0.4 is 15.5 Å². The molecule has 0 amide bonds. The van der Waals surface area contributed by atoms with Gasteiger partial charge in [0.05, 0.1) is 0 Å². The molecule has 0 aliphatic carbocycles. The molecule has 1 unspecified atom stereocenters. The molecule has 0 aromatic carbocycles. The highest BCUT2D eigenvalue weighted by atomic mass is 16.3. The van der Waals surface area contributed by atoms with Crippen LogP contribution in [-0.4, -0.2) is 52.8 Å². The molecule has 1 rings (SSSR count). The van der Waals surface area contributed by atoms with Crippen LogP contribution in [-0.2, 0) is 0 Å². The van der Waals surface area contributed by atoms with Crippen LogP contribution in [0.25, 0.3) is 0 Å². The van der Waals surface area contributed by atoms with Crippen LogP contribution in [0.15, 0.2) is 0 Å². The monoisotopic (exact) mass is 282 g/mol. The summed E-state index contributed by atoms with van der Waals surface area (Å²) in [5.41, 5.74) is 0. The lowest BCUT2D eigenvalue weighted by Crippen LogP contribution is -2.27. The summed E-state index contributed by atoms with van der Waals surface area (Å²) < 4.78 is 0. The Hall–Kier alpha value is -1.63. The molecule has 1 aromatic heterocycles. The van der Waals surface area contributed by atoms with Gasteiger partial charge < -0.3 is 20.6 Å². The van der Waals surface area contributed by atoms with Crippen molar-refractivity contribution in [1.29, 1.82) is 0 Å². The van der Waals surface area contributed by atoms with Gasteiger partial charge in [-0.3, -0.25) is 0 Å². The van der Waals surface area contributed by atoms with Crippen molar-refractivity contribution in [2.24, 2.45) is 0 Å². The van der Waals surface area contributed by atoms with Gasteiger partial charge in [-0.15, -0.1) is 0 Å². The van der Waals surface area contributed by atoms with Gasteiger partial charge in [-0.1, -0.05) is 6.92 Å². The second kappa shape index (κ2) is 8.52. The van der Waals surface area contributed by atoms with Crippen molar-refractivity contribution < 1.29 is 5.11 Å². The SMILES string of the molecule is CCC(CCO)Nc1nc(NC)nc(N(CC)CC)n1. The van der Waals surface area contributed by atoms with Crippen LogP contribution in [0.2, 0.25) is 0 Å². The Morgan fingerprint density at radius 3 is 2.25 bits per heavy atom. The maximum absolute atomic E-state index is 9.05. The van der Waals surface area contributed by atoms with Gasteiger partial charge in [0, 0.05) is 32.8 Å². The average Bonchev–Trinajstić information content (AvgIpc) is 2.47. The van der Waals surface area contributed by atoms with Crippen molar-refractivity contribution >= 4 is 17.8 Å². The van der Waals surface area contributed by atoms with Crippen LogP contribution in [0.1, 0.15) is 33.6 Å². The van der Waals surface area contributed by atoms with Gasteiger partial charge in [0.15, 0.2) is 0 Å². The van der Waals surface area contributed by atoms with E-state index in [2.05, 4.69) is 51.3 Å².